The highest BCUT2D eigenvalue weighted by molar-refractivity contribution is 7.89. The minimum Gasteiger partial charge on any atom is -0.352 e. The molecular weight excluding hydrogens is 674 g/mol. The van der Waals surface area contributed by atoms with Crippen molar-refractivity contribution in [1.29, 1.82) is 0 Å². The van der Waals surface area contributed by atoms with Crippen molar-refractivity contribution in [1.82, 2.24) is 19.8 Å². The third kappa shape index (κ3) is 7.76. The molecule has 4 heterocycles. The second-order valence-electron chi connectivity index (χ2n) is 14.2. The Labute approximate surface area is 299 Å². The van der Waals surface area contributed by atoms with Gasteiger partial charge in [-0.1, -0.05) is 54.1 Å². The van der Waals surface area contributed by atoms with E-state index in [1.807, 2.05) is 54.6 Å². The first-order valence-electron chi connectivity index (χ1n) is 17.7. The molecule has 1 unspecified atom stereocenters. The Bertz CT molecular complexity index is 1830. The summed E-state index contributed by atoms with van der Waals surface area (Å²) in [6.07, 6.45) is 5.50. The average molecular weight is 718 g/mol. The topological polar surface area (TPSA) is 128 Å². The molecule has 3 N–H and O–H groups in total. The summed E-state index contributed by atoms with van der Waals surface area (Å²) < 4.78 is 29.2. The second kappa shape index (κ2) is 14.8. The Kier molecular flexibility index (Phi) is 10.3. The molecule has 12 heteroatoms. The third-order valence-corrected chi connectivity index (χ3v) is 13.2. The van der Waals surface area contributed by atoms with Crippen LogP contribution in [0.4, 0.5) is 5.69 Å². The van der Waals surface area contributed by atoms with Crippen LogP contribution in [0.5, 0.6) is 0 Å². The molecule has 3 fully saturated rings. The van der Waals surface area contributed by atoms with E-state index in [4.69, 9.17) is 11.6 Å². The van der Waals surface area contributed by atoms with Gasteiger partial charge in [-0.25, -0.2) is 8.42 Å². The van der Waals surface area contributed by atoms with Gasteiger partial charge >= 0.3 is 0 Å². The smallest absolute Gasteiger partial charge is 0.253 e. The lowest BCUT2D eigenvalue weighted by molar-refractivity contribution is -0.115. The summed E-state index contributed by atoms with van der Waals surface area (Å²) in [6.45, 7) is 3.16. The summed E-state index contributed by atoms with van der Waals surface area (Å²) in [5, 5.41) is 9.16. The van der Waals surface area contributed by atoms with E-state index in [2.05, 4.69) is 20.9 Å². The molecule has 3 aromatic rings. The van der Waals surface area contributed by atoms with Crippen molar-refractivity contribution in [3.05, 3.63) is 88.4 Å². The zero-order chi connectivity index (χ0) is 34.8. The molecule has 264 valence electrons. The van der Waals surface area contributed by atoms with Crippen LogP contribution in [0.3, 0.4) is 0 Å². The van der Waals surface area contributed by atoms with Gasteiger partial charge in [0.1, 0.15) is 0 Å². The minimum absolute atomic E-state index is 0.0751. The molecule has 0 radical (unpaired) electrons. The summed E-state index contributed by atoms with van der Waals surface area (Å²) in [4.78, 5) is 40.0. The van der Waals surface area contributed by atoms with Gasteiger partial charge in [0.05, 0.1) is 22.8 Å². The second-order valence-corrected chi connectivity index (χ2v) is 16.5. The van der Waals surface area contributed by atoms with E-state index in [0.717, 1.165) is 68.4 Å². The van der Waals surface area contributed by atoms with Crippen LogP contribution in [0.25, 0.3) is 11.1 Å². The fourth-order valence-electron chi connectivity index (χ4n) is 8.20. The van der Waals surface area contributed by atoms with Crippen molar-refractivity contribution < 1.29 is 22.8 Å². The number of rotatable bonds is 11. The number of carbonyl (C=O) groups excluding carboxylic acids is 3. The molecule has 3 amide bonds. The molecule has 2 bridgehead atoms. The maximum atomic E-state index is 13.7. The van der Waals surface area contributed by atoms with E-state index in [-0.39, 0.29) is 59.0 Å². The lowest BCUT2D eigenvalue weighted by Gasteiger charge is -2.39. The molecule has 50 heavy (non-hydrogen) atoms. The molecule has 0 saturated carbocycles. The van der Waals surface area contributed by atoms with Crippen LogP contribution in [0.1, 0.15) is 71.2 Å². The molecule has 7 rings (SSSR count). The van der Waals surface area contributed by atoms with Crippen molar-refractivity contribution in [2.75, 3.05) is 37.2 Å². The van der Waals surface area contributed by atoms with Gasteiger partial charge in [-0.05, 0) is 111 Å². The summed E-state index contributed by atoms with van der Waals surface area (Å²) in [5.41, 5.74) is 4.57. The highest BCUT2D eigenvalue weighted by Gasteiger charge is 2.47. The van der Waals surface area contributed by atoms with Gasteiger partial charge in [-0.15, -0.1) is 0 Å². The van der Waals surface area contributed by atoms with Gasteiger partial charge < -0.3 is 20.9 Å². The Hall–Kier alpha value is -3.77. The number of nitrogens with zero attached hydrogens (tertiary/aromatic N) is 2. The van der Waals surface area contributed by atoms with Crippen molar-refractivity contribution in [3.63, 3.8) is 0 Å². The Morgan fingerprint density at radius 2 is 1.56 bits per heavy atom. The van der Waals surface area contributed by atoms with Crippen LogP contribution in [0, 0.1) is 5.92 Å². The third-order valence-electron chi connectivity index (χ3n) is 10.7. The molecule has 3 atom stereocenters. The molecule has 10 nitrogen and oxygen atoms in total. The van der Waals surface area contributed by atoms with Gasteiger partial charge in [0.25, 0.3) is 11.8 Å². The highest BCUT2D eigenvalue weighted by atomic mass is 35.5. The quantitative estimate of drug-likeness (QED) is 0.237. The maximum absolute atomic E-state index is 13.7. The largest absolute Gasteiger partial charge is 0.352 e. The normalized spacial score (nSPS) is 22.6. The predicted molar refractivity (Wildman–Crippen MR) is 195 cm³/mol. The Morgan fingerprint density at radius 3 is 2.26 bits per heavy atom. The van der Waals surface area contributed by atoms with Crippen molar-refractivity contribution in [2.45, 2.75) is 69.5 Å². The summed E-state index contributed by atoms with van der Waals surface area (Å²) in [6, 6.07) is 20.7. The number of sulfonamides is 1. The number of nitrogens with one attached hydrogen (secondary N) is 3. The molecule has 0 spiro atoms. The molecular formula is C38H44ClN5O5S. The molecule has 0 aromatic heterocycles. The number of benzene rings is 3. The summed E-state index contributed by atoms with van der Waals surface area (Å²) in [5.74, 6) is -0.199. The number of amides is 3. The predicted octanol–water partition coefficient (Wildman–Crippen LogP) is 5.09. The number of anilines is 1. The zero-order valence-electron chi connectivity index (χ0n) is 28.1. The van der Waals surface area contributed by atoms with Crippen LogP contribution < -0.4 is 16.0 Å². The fourth-order valence-corrected chi connectivity index (χ4v) is 10.8. The van der Waals surface area contributed by atoms with Crippen LogP contribution in [-0.2, 0) is 21.2 Å². The number of halogens is 1. The standard InChI is InChI=1S/C38H44ClN5O5S/c39-34-23-35-29(20-36(45)42-35)19-33(34)38(47)41-30-21-31-11-12-32(22-30)44(31)50(48,49)24-25-13-17-43(18-14-25)16-4-15-40-37(46)28-9-7-27(8-10-28)26-5-2-1-3-6-26/h1-3,5-10,19,23,25,30-32H,4,11-18,20-22,24H2,(H,40,46)(H,41,47)(H,42,45)/t30?,31-,32+. The number of fused-ring (bicyclic) bond motifs is 3. The first kappa shape index (κ1) is 34.7. The van der Waals surface area contributed by atoms with Crippen LogP contribution in [0.2, 0.25) is 5.02 Å². The highest BCUT2D eigenvalue weighted by Crippen LogP contribution is 2.39. The fraction of sp³-hybridized carbons (Fsp3) is 0.447. The van der Waals surface area contributed by atoms with E-state index in [1.54, 1.807) is 16.4 Å². The minimum atomic E-state index is -3.44. The van der Waals surface area contributed by atoms with E-state index in [9.17, 15) is 22.8 Å². The molecule has 3 saturated heterocycles. The average Bonchev–Trinajstić information content (AvgIpc) is 3.62. The first-order chi connectivity index (χ1) is 24.1. The zero-order valence-corrected chi connectivity index (χ0v) is 29.6. The van der Waals surface area contributed by atoms with E-state index >= 15 is 0 Å². The van der Waals surface area contributed by atoms with Crippen LogP contribution in [-0.4, -0.2) is 85.4 Å². The van der Waals surface area contributed by atoms with Crippen molar-refractivity contribution in [3.8, 4) is 11.1 Å². The number of hydrogen-bond donors (Lipinski definition) is 3. The lowest BCUT2D eigenvalue weighted by Crippen LogP contribution is -2.53. The van der Waals surface area contributed by atoms with Gasteiger partial charge in [-0.2, -0.15) is 4.31 Å². The SMILES string of the molecule is O=C1Cc2cc(C(=O)NC3C[C@H]4CC[C@@H](C3)N4S(=O)(=O)CC3CCN(CCCNC(=O)c4ccc(-c5ccccc5)cc4)CC3)c(Cl)cc2N1. The maximum Gasteiger partial charge on any atom is 0.253 e. The summed E-state index contributed by atoms with van der Waals surface area (Å²) in [7, 11) is -3.44. The number of hydrogen-bond acceptors (Lipinski definition) is 6. The number of carbonyl (C=O) groups is 3. The van der Waals surface area contributed by atoms with E-state index in [1.165, 1.54) is 0 Å². The van der Waals surface area contributed by atoms with Crippen LogP contribution in [0.15, 0.2) is 66.7 Å². The lowest BCUT2D eigenvalue weighted by atomic mass is 9.98. The van der Waals surface area contributed by atoms with Gasteiger partial charge in [0, 0.05) is 35.9 Å². The molecule has 4 aliphatic rings. The van der Waals surface area contributed by atoms with Gasteiger partial charge in [0.2, 0.25) is 15.9 Å². The Morgan fingerprint density at radius 1 is 0.880 bits per heavy atom. The number of likely N-dealkylation sites (tertiary alicyclic amines) is 1. The van der Waals surface area contributed by atoms with E-state index < -0.39 is 10.0 Å². The number of piperidine rings is 2. The van der Waals surface area contributed by atoms with Crippen molar-refractivity contribution >= 4 is 45.0 Å². The van der Waals surface area contributed by atoms with Gasteiger partial charge in [0.15, 0.2) is 0 Å². The first-order valence-corrected chi connectivity index (χ1v) is 19.7. The van der Waals surface area contributed by atoms with Crippen LogP contribution >= 0.6 is 11.6 Å². The molecule has 4 aliphatic heterocycles. The van der Waals surface area contributed by atoms with Gasteiger partial charge in [-0.3, -0.25) is 14.4 Å². The monoisotopic (exact) mass is 717 g/mol. The van der Waals surface area contributed by atoms with E-state index in [0.29, 0.717) is 36.2 Å². The van der Waals surface area contributed by atoms with Crippen molar-refractivity contribution in [2.24, 2.45) is 5.92 Å². The molecule has 3 aromatic carbocycles. The summed E-state index contributed by atoms with van der Waals surface area (Å²) >= 11 is 6.39. The Balaban J connectivity index is 0.829. The molecule has 0 aliphatic carbocycles.